The van der Waals surface area contributed by atoms with Gasteiger partial charge in [-0.15, -0.1) is 0 Å². The number of carbonyl (C=O) groups is 2. The molecule has 26 heavy (non-hydrogen) atoms. The van der Waals surface area contributed by atoms with E-state index in [1.165, 1.54) is 11.8 Å². The number of benzene rings is 1. The van der Waals surface area contributed by atoms with E-state index in [1.54, 1.807) is 13.1 Å². The minimum atomic E-state index is -0.141. The number of rotatable bonds is 7. The average molecular weight is 369 g/mol. The Hall–Kier alpha value is -2.87. The summed E-state index contributed by atoms with van der Waals surface area (Å²) in [4.78, 5) is 35.3. The molecule has 134 valence electrons. The van der Waals surface area contributed by atoms with Crippen LogP contribution in [0.3, 0.4) is 0 Å². The van der Waals surface area contributed by atoms with Gasteiger partial charge in [-0.3, -0.25) is 9.59 Å². The van der Waals surface area contributed by atoms with Gasteiger partial charge in [-0.05, 0) is 23.8 Å². The quantitative estimate of drug-likeness (QED) is 0.556. The van der Waals surface area contributed by atoms with E-state index in [2.05, 4.69) is 25.6 Å². The molecule has 8 heteroatoms. The predicted octanol–water partition coefficient (Wildman–Crippen LogP) is 2.71. The third kappa shape index (κ3) is 4.60. The highest BCUT2D eigenvalue weighted by Gasteiger charge is 2.10. The van der Waals surface area contributed by atoms with Gasteiger partial charge in [0.05, 0.1) is 11.3 Å². The fourth-order valence-corrected chi connectivity index (χ4v) is 3.00. The van der Waals surface area contributed by atoms with Crippen molar-refractivity contribution in [1.29, 1.82) is 0 Å². The van der Waals surface area contributed by atoms with Crippen molar-refractivity contribution in [3.63, 3.8) is 0 Å². The first-order valence-corrected chi connectivity index (χ1v) is 9.22. The van der Waals surface area contributed by atoms with Crippen LogP contribution >= 0.6 is 11.8 Å². The Morgan fingerprint density at radius 2 is 2.00 bits per heavy atom. The second-order valence-corrected chi connectivity index (χ2v) is 6.50. The smallest absolute Gasteiger partial charge is 0.234 e. The zero-order valence-electron chi connectivity index (χ0n) is 14.3. The summed E-state index contributed by atoms with van der Waals surface area (Å²) < 4.78 is 0. The van der Waals surface area contributed by atoms with Crippen LogP contribution in [0.1, 0.15) is 18.9 Å². The molecule has 7 nitrogen and oxygen atoms in total. The molecule has 0 aliphatic rings. The van der Waals surface area contributed by atoms with Crippen molar-refractivity contribution in [1.82, 2.24) is 20.3 Å². The van der Waals surface area contributed by atoms with Crippen LogP contribution in [0.15, 0.2) is 47.8 Å². The van der Waals surface area contributed by atoms with Crippen molar-refractivity contribution in [2.45, 2.75) is 25.0 Å². The Morgan fingerprint density at radius 3 is 2.81 bits per heavy atom. The van der Waals surface area contributed by atoms with E-state index in [1.807, 2.05) is 36.4 Å². The van der Waals surface area contributed by atoms with Crippen LogP contribution in [-0.4, -0.2) is 32.5 Å². The Labute approximate surface area is 155 Å². The first-order chi connectivity index (χ1) is 12.7. The van der Waals surface area contributed by atoms with Gasteiger partial charge >= 0.3 is 0 Å². The number of amides is 2. The molecule has 0 fully saturated rings. The largest absolute Gasteiger partial charge is 0.352 e. The second-order valence-electron chi connectivity index (χ2n) is 5.54. The van der Waals surface area contributed by atoms with Gasteiger partial charge in [0, 0.05) is 24.8 Å². The van der Waals surface area contributed by atoms with Crippen molar-refractivity contribution < 1.29 is 9.59 Å². The molecule has 3 rings (SSSR count). The lowest BCUT2D eigenvalue weighted by atomic mass is 10.1. The van der Waals surface area contributed by atoms with Crippen LogP contribution in [0.4, 0.5) is 5.69 Å². The maximum atomic E-state index is 12.3. The van der Waals surface area contributed by atoms with Crippen molar-refractivity contribution >= 4 is 40.4 Å². The van der Waals surface area contributed by atoms with Gasteiger partial charge in [0.15, 0.2) is 10.8 Å². The molecule has 1 aromatic carbocycles. The molecular formula is C18H19N5O2S. The van der Waals surface area contributed by atoms with Gasteiger partial charge in [0.2, 0.25) is 11.8 Å². The van der Waals surface area contributed by atoms with Gasteiger partial charge in [0.25, 0.3) is 0 Å². The summed E-state index contributed by atoms with van der Waals surface area (Å²) in [7, 11) is 0. The number of anilines is 1. The molecule has 2 heterocycles. The molecule has 0 bridgehead atoms. The number of nitrogens with zero attached hydrogens (tertiary/aromatic N) is 2. The molecule has 0 aliphatic heterocycles. The van der Waals surface area contributed by atoms with Gasteiger partial charge in [0.1, 0.15) is 0 Å². The number of pyridine rings is 1. The second kappa shape index (κ2) is 8.48. The number of imidazole rings is 1. The maximum Gasteiger partial charge on any atom is 0.234 e. The van der Waals surface area contributed by atoms with Crippen LogP contribution in [0.5, 0.6) is 0 Å². The number of fused-ring (bicyclic) bond motifs is 1. The van der Waals surface area contributed by atoms with E-state index in [9.17, 15) is 9.59 Å². The highest BCUT2D eigenvalue weighted by atomic mass is 32.2. The third-order valence-electron chi connectivity index (χ3n) is 3.66. The van der Waals surface area contributed by atoms with Crippen LogP contribution in [0.25, 0.3) is 11.2 Å². The maximum absolute atomic E-state index is 12.3. The van der Waals surface area contributed by atoms with E-state index >= 15 is 0 Å². The summed E-state index contributed by atoms with van der Waals surface area (Å²) in [6.45, 7) is 2.18. The number of thioether (sulfide) groups is 1. The molecule has 0 atom stereocenters. The standard InChI is InChI=1S/C18H19N5O2S/c1-2-15(24)20-10-12-6-3-4-7-13(12)21-16(25)11-26-18-22-14-8-5-9-19-17(14)23-18/h3-9H,2,10-11H2,1H3,(H,20,24)(H,21,25)(H,19,22,23). The zero-order chi connectivity index (χ0) is 18.4. The van der Waals surface area contributed by atoms with Crippen LogP contribution in [-0.2, 0) is 16.1 Å². The van der Waals surface area contributed by atoms with Crippen molar-refractivity contribution in [2.24, 2.45) is 0 Å². The highest BCUT2D eigenvalue weighted by Crippen LogP contribution is 2.19. The summed E-state index contributed by atoms with van der Waals surface area (Å²) in [5.41, 5.74) is 3.03. The number of H-pyrrole nitrogens is 1. The highest BCUT2D eigenvalue weighted by molar-refractivity contribution is 7.99. The zero-order valence-corrected chi connectivity index (χ0v) is 15.1. The molecule has 2 aromatic heterocycles. The van der Waals surface area contributed by atoms with E-state index in [4.69, 9.17) is 0 Å². The molecule has 3 N–H and O–H groups in total. The number of carbonyl (C=O) groups excluding carboxylic acids is 2. The average Bonchev–Trinajstić information content (AvgIpc) is 3.08. The topological polar surface area (TPSA) is 99.8 Å². The SMILES string of the molecule is CCC(=O)NCc1ccccc1NC(=O)CSc1nc2ncccc2[nH]1. The minimum absolute atomic E-state index is 0.0276. The van der Waals surface area contributed by atoms with E-state index in [0.717, 1.165) is 11.1 Å². The molecular weight excluding hydrogens is 350 g/mol. The molecule has 0 aliphatic carbocycles. The fourth-order valence-electron chi connectivity index (χ4n) is 2.33. The number of nitrogens with one attached hydrogen (secondary N) is 3. The summed E-state index contributed by atoms with van der Waals surface area (Å²) in [5.74, 6) is 0.0491. The summed E-state index contributed by atoms with van der Waals surface area (Å²) in [6.07, 6.45) is 2.11. The fraction of sp³-hybridized carbons (Fsp3) is 0.222. The Kier molecular flexibility index (Phi) is 5.85. The molecule has 2 amide bonds. The monoisotopic (exact) mass is 369 g/mol. The normalized spacial score (nSPS) is 10.7. The lowest BCUT2D eigenvalue weighted by molar-refractivity contribution is -0.121. The van der Waals surface area contributed by atoms with E-state index < -0.39 is 0 Å². The molecule has 0 spiro atoms. The molecule has 0 unspecified atom stereocenters. The van der Waals surface area contributed by atoms with Gasteiger partial charge in [-0.1, -0.05) is 36.9 Å². The van der Waals surface area contributed by atoms with Crippen LogP contribution < -0.4 is 10.6 Å². The Bertz CT molecular complexity index is 892. The Morgan fingerprint density at radius 1 is 1.15 bits per heavy atom. The number of hydrogen-bond acceptors (Lipinski definition) is 5. The molecule has 0 saturated heterocycles. The van der Waals surface area contributed by atoms with Gasteiger partial charge in [-0.25, -0.2) is 9.97 Å². The van der Waals surface area contributed by atoms with E-state index in [-0.39, 0.29) is 17.6 Å². The van der Waals surface area contributed by atoms with E-state index in [0.29, 0.717) is 29.5 Å². The molecule has 0 radical (unpaired) electrons. The predicted molar refractivity (Wildman–Crippen MR) is 102 cm³/mol. The molecule has 3 aromatic rings. The number of aromatic nitrogens is 3. The van der Waals surface area contributed by atoms with Gasteiger partial charge < -0.3 is 15.6 Å². The van der Waals surface area contributed by atoms with Crippen LogP contribution in [0, 0.1) is 0 Å². The number of para-hydroxylation sites is 1. The number of aromatic amines is 1. The first-order valence-electron chi connectivity index (χ1n) is 8.23. The molecule has 0 saturated carbocycles. The number of hydrogen-bond donors (Lipinski definition) is 3. The lowest BCUT2D eigenvalue weighted by Gasteiger charge is -2.11. The third-order valence-corrected chi connectivity index (χ3v) is 4.54. The van der Waals surface area contributed by atoms with Crippen molar-refractivity contribution in [3.8, 4) is 0 Å². The van der Waals surface area contributed by atoms with Crippen LogP contribution in [0.2, 0.25) is 0 Å². The van der Waals surface area contributed by atoms with Gasteiger partial charge in [-0.2, -0.15) is 0 Å². The van der Waals surface area contributed by atoms with Crippen molar-refractivity contribution in [2.75, 3.05) is 11.1 Å². The first kappa shape index (κ1) is 17.9. The Balaban J connectivity index is 1.58. The summed E-state index contributed by atoms with van der Waals surface area (Å²) in [6, 6.07) is 11.1. The summed E-state index contributed by atoms with van der Waals surface area (Å²) >= 11 is 1.31. The summed E-state index contributed by atoms with van der Waals surface area (Å²) in [5, 5.41) is 6.36. The lowest BCUT2D eigenvalue weighted by Crippen LogP contribution is -2.23. The minimum Gasteiger partial charge on any atom is -0.352 e. The van der Waals surface area contributed by atoms with Crippen molar-refractivity contribution in [3.05, 3.63) is 48.2 Å².